The average Bonchev–Trinajstić information content (AvgIpc) is 2.99. The molecule has 1 aliphatic heterocycles. The van der Waals surface area contributed by atoms with E-state index >= 15 is 0 Å². The van der Waals surface area contributed by atoms with Gasteiger partial charge in [-0.05, 0) is 36.8 Å². The Morgan fingerprint density at radius 1 is 1.20 bits per heavy atom. The third kappa shape index (κ3) is 5.19. The van der Waals surface area contributed by atoms with E-state index in [1.54, 1.807) is 0 Å². The van der Waals surface area contributed by atoms with E-state index < -0.39 is 0 Å². The highest BCUT2D eigenvalue weighted by Crippen LogP contribution is 2.23. The van der Waals surface area contributed by atoms with E-state index in [4.69, 9.17) is 5.73 Å². The van der Waals surface area contributed by atoms with Crippen molar-refractivity contribution in [2.45, 2.75) is 57.7 Å². The van der Waals surface area contributed by atoms with Crippen molar-refractivity contribution in [2.75, 3.05) is 6.54 Å². The quantitative estimate of drug-likeness (QED) is 0.841. The first-order chi connectivity index (χ1) is 11.6. The van der Waals surface area contributed by atoms with Gasteiger partial charge in [-0.2, -0.15) is 0 Å². The Kier molecular flexibility index (Phi) is 7.26. The molecule has 2 fully saturated rings. The minimum atomic E-state index is 0. The molecule has 0 bridgehead atoms. The van der Waals surface area contributed by atoms with Crippen LogP contribution in [0.1, 0.15) is 49.7 Å². The second-order valence-electron chi connectivity index (χ2n) is 7.03. The largest absolute Gasteiger partial charge is 0.352 e. The fourth-order valence-corrected chi connectivity index (χ4v) is 3.75. The van der Waals surface area contributed by atoms with Crippen LogP contribution in [0.5, 0.6) is 0 Å². The fraction of sp³-hybridized carbons (Fsp3) is 0.579. The molecule has 2 amide bonds. The number of nitrogens with one attached hydrogen (secondary N) is 1. The summed E-state index contributed by atoms with van der Waals surface area (Å²) in [7, 11) is 0. The highest BCUT2D eigenvalue weighted by atomic mass is 35.5. The van der Waals surface area contributed by atoms with Gasteiger partial charge >= 0.3 is 0 Å². The third-order valence-corrected chi connectivity index (χ3v) is 5.19. The average molecular weight is 366 g/mol. The summed E-state index contributed by atoms with van der Waals surface area (Å²) in [5.41, 5.74) is 8.19. The van der Waals surface area contributed by atoms with Gasteiger partial charge in [-0.25, -0.2) is 0 Å². The van der Waals surface area contributed by atoms with Gasteiger partial charge in [0.05, 0.1) is 0 Å². The summed E-state index contributed by atoms with van der Waals surface area (Å²) in [5.74, 6) is 0.378. The fourth-order valence-electron chi connectivity index (χ4n) is 3.75. The maximum atomic E-state index is 12.4. The summed E-state index contributed by atoms with van der Waals surface area (Å²) in [6.45, 7) is 1.99. The summed E-state index contributed by atoms with van der Waals surface area (Å²) in [4.78, 5) is 26.1. The summed E-state index contributed by atoms with van der Waals surface area (Å²) in [6, 6.07) is 8.20. The topological polar surface area (TPSA) is 75.4 Å². The smallest absolute Gasteiger partial charge is 0.223 e. The molecule has 0 spiro atoms. The van der Waals surface area contributed by atoms with Crippen LogP contribution in [0.3, 0.4) is 0 Å². The molecule has 1 aromatic rings. The summed E-state index contributed by atoms with van der Waals surface area (Å²) in [6.07, 6.45) is 5.38. The molecule has 3 rings (SSSR count). The Morgan fingerprint density at radius 3 is 2.64 bits per heavy atom. The predicted molar refractivity (Wildman–Crippen MR) is 100 cm³/mol. The highest BCUT2D eigenvalue weighted by Gasteiger charge is 2.25. The lowest BCUT2D eigenvalue weighted by Gasteiger charge is -2.26. The van der Waals surface area contributed by atoms with E-state index in [1.807, 2.05) is 29.2 Å². The van der Waals surface area contributed by atoms with Gasteiger partial charge < -0.3 is 16.0 Å². The van der Waals surface area contributed by atoms with Crippen LogP contribution < -0.4 is 11.1 Å². The molecule has 3 N–H and O–H groups in total. The van der Waals surface area contributed by atoms with Gasteiger partial charge in [0.2, 0.25) is 11.8 Å². The molecule has 0 aromatic heterocycles. The standard InChI is InChI=1S/C19H27N3O2.ClH/c20-17-8-3-7-14(11-17)19(24)21-12-15-5-1-2-6-16(15)13-22-10-4-9-18(22)23;/h1-2,5-6,14,17H,3-4,7-13,20H2,(H,21,24);1H. The summed E-state index contributed by atoms with van der Waals surface area (Å²) < 4.78 is 0. The van der Waals surface area contributed by atoms with Crippen molar-refractivity contribution in [3.05, 3.63) is 35.4 Å². The minimum absolute atomic E-state index is 0. The zero-order valence-corrected chi connectivity index (χ0v) is 15.4. The van der Waals surface area contributed by atoms with Gasteiger partial charge in [0.1, 0.15) is 0 Å². The van der Waals surface area contributed by atoms with Crippen LogP contribution in [-0.2, 0) is 22.7 Å². The zero-order valence-electron chi connectivity index (χ0n) is 14.6. The number of nitrogens with zero attached hydrogens (tertiary/aromatic N) is 1. The zero-order chi connectivity index (χ0) is 16.9. The van der Waals surface area contributed by atoms with Crippen LogP contribution in [0, 0.1) is 5.92 Å². The molecule has 2 aliphatic rings. The van der Waals surface area contributed by atoms with Crippen LogP contribution in [0.15, 0.2) is 24.3 Å². The first kappa shape index (κ1) is 19.7. The number of amides is 2. The first-order valence-electron chi connectivity index (χ1n) is 9.01. The number of hydrogen-bond acceptors (Lipinski definition) is 3. The van der Waals surface area contributed by atoms with Crippen molar-refractivity contribution < 1.29 is 9.59 Å². The summed E-state index contributed by atoms with van der Waals surface area (Å²) in [5, 5.41) is 3.07. The Hall–Kier alpha value is -1.59. The lowest BCUT2D eigenvalue weighted by molar-refractivity contribution is -0.128. The molecule has 1 saturated heterocycles. The van der Waals surface area contributed by atoms with Crippen molar-refractivity contribution in [3.8, 4) is 0 Å². The Labute approximate surface area is 155 Å². The maximum absolute atomic E-state index is 12.4. The van der Waals surface area contributed by atoms with Crippen LogP contribution in [-0.4, -0.2) is 29.3 Å². The lowest BCUT2D eigenvalue weighted by Crippen LogP contribution is -2.37. The van der Waals surface area contributed by atoms with Crippen LogP contribution >= 0.6 is 12.4 Å². The van der Waals surface area contributed by atoms with Crippen LogP contribution in [0.2, 0.25) is 0 Å². The van der Waals surface area contributed by atoms with E-state index in [2.05, 4.69) is 5.32 Å². The Balaban J connectivity index is 0.00000225. The number of likely N-dealkylation sites (tertiary alicyclic amines) is 1. The molecule has 0 radical (unpaired) electrons. The van der Waals surface area contributed by atoms with Crippen molar-refractivity contribution in [1.82, 2.24) is 10.2 Å². The van der Waals surface area contributed by atoms with Crippen LogP contribution in [0.25, 0.3) is 0 Å². The van der Waals surface area contributed by atoms with Crippen molar-refractivity contribution in [3.63, 3.8) is 0 Å². The van der Waals surface area contributed by atoms with E-state index in [1.165, 1.54) is 0 Å². The Bertz CT molecular complexity index is 608. The number of nitrogens with two attached hydrogens (primary N) is 1. The molecule has 2 unspecified atom stereocenters. The molecule has 1 aliphatic carbocycles. The number of rotatable bonds is 5. The molecule has 6 heteroatoms. The normalized spacial score (nSPS) is 23.2. The van der Waals surface area contributed by atoms with E-state index in [0.29, 0.717) is 19.5 Å². The number of carbonyl (C=O) groups is 2. The molecule has 25 heavy (non-hydrogen) atoms. The van der Waals surface area contributed by atoms with Gasteiger partial charge in [0.25, 0.3) is 0 Å². The SMILES string of the molecule is Cl.NC1CCCC(C(=O)NCc2ccccc2CN2CCCC2=O)C1. The molecule has 138 valence electrons. The number of halogens is 1. The van der Waals surface area contributed by atoms with Gasteiger partial charge in [0, 0.05) is 38.0 Å². The van der Waals surface area contributed by atoms with E-state index in [9.17, 15) is 9.59 Å². The first-order valence-corrected chi connectivity index (χ1v) is 9.01. The van der Waals surface area contributed by atoms with Gasteiger partial charge in [-0.1, -0.05) is 30.7 Å². The maximum Gasteiger partial charge on any atom is 0.223 e. The number of hydrogen-bond donors (Lipinski definition) is 2. The highest BCUT2D eigenvalue weighted by molar-refractivity contribution is 5.85. The minimum Gasteiger partial charge on any atom is -0.352 e. The summed E-state index contributed by atoms with van der Waals surface area (Å²) >= 11 is 0. The molecule has 2 atom stereocenters. The van der Waals surface area contributed by atoms with Crippen molar-refractivity contribution in [1.29, 1.82) is 0 Å². The molecule has 1 aromatic carbocycles. The second kappa shape index (κ2) is 9.20. The Morgan fingerprint density at radius 2 is 1.96 bits per heavy atom. The molecule has 1 heterocycles. The lowest BCUT2D eigenvalue weighted by atomic mass is 9.85. The molecule has 1 saturated carbocycles. The second-order valence-corrected chi connectivity index (χ2v) is 7.03. The van der Waals surface area contributed by atoms with E-state index in [-0.39, 0.29) is 36.2 Å². The monoisotopic (exact) mass is 365 g/mol. The third-order valence-electron chi connectivity index (χ3n) is 5.19. The molecule has 5 nitrogen and oxygen atoms in total. The number of benzene rings is 1. The van der Waals surface area contributed by atoms with Crippen molar-refractivity contribution in [2.24, 2.45) is 11.7 Å². The van der Waals surface area contributed by atoms with Gasteiger partial charge in [-0.3, -0.25) is 9.59 Å². The van der Waals surface area contributed by atoms with Gasteiger partial charge in [-0.15, -0.1) is 12.4 Å². The number of carbonyl (C=O) groups excluding carboxylic acids is 2. The molecular weight excluding hydrogens is 338 g/mol. The van der Waals surface area contributed by atoms with Crippen LogP contribution in [0.4, 0.5) is 0 Å². The predicted octanol–water partition coefficient (Wildman–Crippen LogP) is 2.36. The van der Waals surface area contributed by atoms with Crippen molar-refractivity contribution >= 4 is 24.2 Å². The molecular formula is C19H28ClN3O2. The van der Waals surface area contributed by atoms with E-state index in [0.717, 1.165) is 49.8 Å². The van der Waals surface area contributed by atoms with Gasteiger partial charge in [0.15, 0.2) is 0 Å².